The summed E-state index contributed by atoms with van der Waals surface area (Å²) in [5.74, 6) is -0.276. The van der Waals surface area contributed by atoms with Crippen LogP contribution in [-0.4, -0.2) is 28.8 Å². The molecule has 1 aromatic rings. The Morgan fingerprint density at radius 3 is 2.82 bits per heavy atom. The molecule has 3 N–H and O–H groups in total. The van der Waals surface area contributed by atoms with E-state index in [1.807, 2.05) is 6.07 Å². The van der Waals surface area contributed by atoms with Crippen molar-refractivity contribution in [2.45, 2.75) is 19.1 Å². The molecule has 0 radical (unpaired) electrons. The lowest BCUT2D eigenvalue weighted by Gasteiger charge is -2.18. The highest BCUT2D eigenvalue weighted by molar-refractivity contribution is 5.72. The van der Waals surface area contributed by atoms with Gasteiger partial charge in [-0.05, 0) is 17.7 Å². The minimum absolute atomic E-state index is 0.0344. The van der Waals surface area contributed by atoms with Crippen molar-refractivity contribution in [3.63, 3.8) is 0 Å². The number of hydrogen-bond acceptors (Lipinski definition) is 4. The van der Waals surface area contributed by atoms with Crippen molar-refractivity contribution in [1.29, 1.82) is 5.26 Å². The summed E-state index contributed by atoms with van der Waals surface area (Å²) in [7, 11) is 0. The number of nitrogens with zero attached hydrogens (tertiary/aromatic N) is 1. The smallest absolute Gasteiger partial charge is 0.216 e. The first-order valence-electron chi connectivity index (χ1n) is 5.15. The number of amides is 1. The van der Waals surface area contributed by atoms with Gasteiger partial charge in [0, 0.05) is 13.5 Å². The van der Waals surface area contributed by atoms with Gasteiger partial charge in [-0.1, -0.05) is 12.1 Å². The summed E-state index contributed by atoms with van der Waals surface area (Å²) in [6.07, 6.45) is -2.23. The maximum Gasteiger partial charge on any atom is 0.216 e. The molecule has 2 unspecified atom stereocenters. The Bertz CT molecular complexity index is 440. The van der Waals surface area contributed by atoms with E-state index in [0.717, 1.165) is 0 Å². The summed E-state index contributed by atoms with van der Waals surface area (Å²) in [6.45, 7) is 1.29. The van der Waals surface area contributed by atoms with Gasteiger partial charge in [-0.25, -0.2) is 0 Å². The minimum atomic E-state index is -1.13. The molecule has 0 saturated carbocycles. The molecule has 0 heterocycles. The Kier molecular flexibility index (Phi) is 4.64. The average Bonchev–Trinajstić information content (AvgIpc) is 2.35. The van der Waals surface area contributed by atoms with Gasteiger partial charge in [0.1, 0.15) is 12.2 Å². The number of carbonyl (C=O) groups is 1. The van der Waals surface area contributed by atoms with Crippen LogP contribution in [0.5, 0.6) is 0 Å². The lowest BCUT2D eigenvalue weighted by Crippen LogP contribution is -2.34. The molecule has 0 aliphatic carbocycles. The lowest BCUT2D eigenvalue weighted by molar-refractivity contribution is -0.119. The van der Waals surface area contributed by atoms with E-state index >= 15 is 0 Å². The van der Waals surface area contributed by atoms with E-state index in [2.05, 4.69) is 5.32 Å². The molecule has 0 spiro atoms. The van der Waals surface area contributed by atoms with E-state index in [0.29, 0.717) is 11.1 Å². The molecule has 1 aromatic carbocycles. The van der Waals surface area contributed by atoms with Crippen molar-refractivity contribution in [3.05, 3.63) is 35.4 Å². The van der Waals surface area contributed by atoms with E-state index in [9.17, 15) is 15.0 Å². The van der Waals surface area contributed by atoms with Crippen LogP contribution in [0.25, 0.3) is 0 Å². The summed E-state index contributed by atoms with van der Waals surface area (Å²) in [5, 5.41) is 30.6. The first-order chi connectivity index (χ1) is 8.04. The van der Waals surface area contributed by atoms with Gasteiger partial charge in [-0.2, -0.15) is 5.26 Å². The first-order valence-corrected chi connectivity index (χ1v) is 5.15. The number of benzene rings is 1. The van der Waals surface area contributed by atoms with Gasteiger partial charge in [-0.3, -0.25) is 4.79 Å². The molecule has 90 valence electrons. The second kappa shape index (κ2) is 5.99. The van der Waals surface area contributed by atoms with Crippen molar-refractivity contribution < 1.29 is 15.0 Å². The molecule has 0 fully saturated rings. The molecule has 1 amide bonds. The van der Waals surface area contributed by atoms with Crippen LogP contribution in [0.1, 0.15) is 24.2 Å². The Hall–Kier alpha value is -1.90. The maximum atomic E-state index is 10.7. The van der Waals surface area contributed by atoms with E-state index in [-0.39, 0.29) is 12.5 Å². The van der Waals surface area contributed by atoms with E-state index < -0.39 is 12.2 Å². The van der Waals surface area contributed by atoms with Gasteiger partial charge in [0.05, 0.1) is 11.6 Å². The zero-order valence-electron chi connectivity index (χ0n) is 9.42. The second-order valence-corrected chi connectivity index (χ2v) is 3.69. The number of rotatable bonds is 4. The third-order valence-corrected chi connectivity index (χ3v) is 2.28. The van der Waals surface area contributed by atoms with Gasteiger partial charge in [0.2, 0.25) is 5.91 Å². The van der Waals surface area contributed by atoms with Gasteiger partial charge in [0.25, 0.3) is 0 Å². The highest BCUT2D eigenvalue weighted by Crippen LogP contribution is 2.17. The molecule has 5 nitrogen and oxygen atoms in total. The van der Waals surface area contributed by atoms with Crippen LogP contribution >= 0.6 is 0 Å². The largest absolute Gasteiger partial charge is 0.388 e. The predicted octanol–water partition coefficient (Wildman–Crippen LogP) is 0.0887. The Morgan fingerprint density at radius 1 is 1.53 bits per heavy atom. The SMILES string of the molecule is CC(=O)NCC(O)C(O)c1cccc(C#N)c1. The Labute approximate surface area is 99.3 Å². The third-order valence-electron chi connectivity index (χ3n) is 2.28. The topological polar surface area (TPSA) is 93.3 Å². The molecule has 0 bridgehead atoms. The zero-order valence-corrected chi connectivity index (χ0v) is 9.42. The summed E-state index contributed by atoms with van der Waals surface area (Å²) in [4.78, 5) is 10.7. The van der Waals surface area contributed by atoms with Crippen molar-refractivity contribution >= 4 is 5.91 Å². The monoisotopic (exact) mass is 234 g/mol. The molecular formula is C12H14N2O3. The normalized spacial score (nSPS) is 13.5. The highest BCUT2D eigenvalue weighted by Gasteiger charge is 2.18. The van der Waals surface area contributed by atoms with E-state index in [1.54, 1.807) is 18.2 Å². The minimum Gasteiger partial charge on any atom is -0.388 e. The van der Waals surface area contributed by atoms with Crippen LogP contribution in [0.3, 0.4) is 0 Å². The zero-order chi connectivity index (χ0) is 12.8. The molecule has 1 rings (SSSR count). The average molecular weight is 234 g/mol. The molecule has 2 atom stereocenters. The van der Waals surface area contributed by atoms with E-state index in [4.69, 9.17) is 5.26 Å². The van der Waals surface area contributed by atoms with Crippen LogP contribution in [0.4, 0.5) is 0 Å². The fraction of sp³-hybridized carbons (Fsp3) is 0.333. The molecule has 0 aliphatic heterocycles. The molecule has 0 aromatic heterocycles. The standard InChI is InChI=1S/C12H14N2O3/c1-8(15)14-7-11(16)12(17)10-4-2-3-9(5-10)6-13/h2-5,11-12,16-17H,7H2,1H3,(H,14,15). The maximum absolute atomic E-state index is 10.7. The van der Waals surface area contributed by atoms with Crippen molar-refractivity contribution in [3.8, 4) is 6.07 Å². The molecule has 5 heteroatoms. The predicted molar refractivity (Wildman–Crippen MR) is 60.8 cm³/mol. The summed E-state index contributed by atoms with van der Waals surface area (Å²) >= 11 is 0. The lowest BCUT2D eigenvalue weighted by atomic mass is 10.0. The van der Waals surface area contributed by atoms with Crippen LogP contribution < -0.4 is 5.32 Å². The number of nitrogens with one attached hydrogen (secondary N) is 1. The second-order valence-electron chi connectivity index (χ2n) is 3.69. The number of hydrogen-bond donors (Lipinski definition) is 3. The number of aliphatic hydroxyl groups is 2. The summed E-state index contributed by atoms with van der Waals surface area (Å²) in [6, 6.07) is 8.30. The van der Waals surface area contributed by atoms with Gasteiger partial charge < -0.3 is 15.5 Å². The molecule has 17 heavy (non-hydrogen) atoms. The van der Waals surface area contributed by atoms with Crippen molar-refractivity contribution in [2.24, 2.45) is 0 Å². The Morgan fingerprint density at radius 2 is 2.24 bits per heavy atom. The van der Waals surface area contributed by atoms with Gasteiger partial charge >= 0.3 is 0 Å². The Balaban J connectivity index is 2.71. The van der Waals surface area contributed by atoms with Crippen LogP contribution in [0, 0.1) is 11.3 Å². The fourth-order valence-electron chi connectivity index (χ4n) is 1.37. The summed E-state index contributed by atoms with van der Waals surface area (Å²) in [5.41, 5.74) is 0.857. The van der Waals surface area contributed by atoms with Crippen LogP contribution in [0.2, 0.25) is 0 Å². The number of aliphatic hydroxyl groups excluding tert-OH is 2. The number of carbonyl (C=O) groups excluding carboxylic acids is 1. The van der Waals surface area contributed by atoms with Crippen LogP contribution in [0.15, 0.2) is 24.3 Å². The third kappa shape index (κ3) is 3.87. The van der Waals surface area contributed by atoms with Crippen molar-refractivity contribution in [1.82, 2.24) is 5.32 Å². The number of nitriles is 1. The van der Waals surface area contributed by atoms with Gasteiger partial charge in [-0.15, -0.1) is 0 Å². The fourth-order valence-corrected chi connectivity index (χ4v) is 1.37. The van der Waals surface area contributed by atoms with E-state index in [1.165, 1.54) is 13.0 Å². The van der Waals surface area contributed by atoms with Gasteiger partial charge in [0.15, 0.2) is 0 Å². The molecular weight excluding hydrogens is 220 g/mol. The molecule has 0 aliphatic rings. The first kappa shape index (κ1) is 13.2. The van der Waals surface area contributed by atoms with Crippen molar-refractivity contribution in [2.75, 3.05) is 6.54 Å². The molecule has 0 saturated heterocycles. The summed E-state index contributed by atoms with van der Waals surface area (Å²) < 4.78 is 0. The quantitative estimate of drug-likeness (QED) is 0.688. The van der Waals surface area contributed by atoms with Crippen LogP contribution in [-0.2, 0) is 4.79 Å². The highest BCUT2D eigenvalue weighted by atomic mass is 16.3.